The summed E-state index contributed by atoms with van der Waals surface area (Å²) >= 11 is 0. The number of nitrogen functional groups attached to an aromatic ring is 1. The molecule has 3 aliphatic rings. The Morgan fingerprint density at radius 2 is 1.61 bits per heavy atom. The number of imidazole rings is 2. The molecule has 3 saturated heterocycles. The zero-order chi connectivity index (χ0) is 32.5. The summed E-state index contributed by atoms with van der Waals surface area (Å²) in [7, 11) is -9.96. The van der Waals surface area contributed by atoms with Crippen molar-refractivity contribution in [3.63, 3.8) is 0 Å². The number of fused-ring (bicyclic) bond motifs is 5. The Balaban J connectivity index is 1.22. The second-order valence-electron chi connectivity index (χ2n) is 10.2. The van der Waals surface area contributed by atoms with Crippen LogP contribution in [-0.4, -0.2) is 110 Å². The molecule has 10 atom stereocenters. The quantitative estimate of drug-likeness (QED) is 0.162. The molecule has 4 aromatic heterocycles. The number of aliphatic hydroxyl groups excluding tert-OH is 1. The molecule has 7 rings (SSSR count). The zero-order valence-electron chi connectivity index (χ0n) is 22.6. The summed E-state index contributed by atoms with van der Waals surface area (Å²) in [5, 5.41) is 10.4. The van der Waals surface area contributed by atoms with Crippen LogP contribution in [0.1, 0.15) is 18.3 Å². The van der Waals surface area contributed by atoms with Gasteiger partial charge >= 0.3 is 0 Å². The molecule has 4 N–H and O–H groups in total. The van der Waals surface area contributed by atoms with E-state index in [1.807, 2.05) is 0 Å². The van der Waals surface area contributed by atoms with Gasteiger partial charge in [0.1, 0.15) is 50.9 Å². The molecule has 248 valence electrons. The molecule has 0 saturated carbocycles. The van der Waals surface area contributed by atoms with E-state index in [2.05, 4.69) is 29.9 Å². The van der Waals surface area contributed by atoms with Crippen LogP contribution in [0.15, 0.2) is 23.8 Å². The topological polar surface area (TPSA) is 243 Å². The summed E-state index contributed by atoms with van der Waals surface area (Å²) in [5.74, 6) is -0.400. The van der Waals surface area contributed by atoms with Crippen LogP contribution in [0.3, 0.4) is 0 Å². The van der Waals surface area contributed by atoms with Crippen molar-refractivity contribution in [2.24, 2.45) is 5.92 Å². The minimum Gasteiger partial charge on any atom is -0.396 e. The number of nitrogens with two attached hydrogens (primary N) is 1. The van der Waals surface area contributed by atoms with Gasteiger partial charge in [0.15, 0.2) is 41.3 Å². The summed E-state index contributed by atoms with van der Waals surface area (Å²) in [5.41, 5.74) is 6.11. The van der Waals surface area contributed by atoms with Gasteiger partial charge < -0.3 is 52.5 Å². The molecule has 0 aromatic carbocycles. The lowest BCUT2D eigenvalue weighted by Gasteiger charge is -2.31. The van der Waals surface area contributed by atoms with Crippen LogP contribution in [0.4, 0.5) is 10.2 Å². The van der Waals surface area contributed by atoms with Crippen molar-refractivity contribution in [1.82, 2.24) is 39.0 Å². The van der Waals surface area contributed by atoms with E-state index in [0.717, 1.165) is 0 Å². The van der Waals surface area contributed by atoms with Gasteiger partial charge in [0.05, 0.1) is 53.7 Å². The van der Waals surface area contributed by atoms with Gasteiger partial charge in [0.25, 0.3) is 5.56 Å². The fourth-order valence-corrected chi connectivity index (χ4v) is 7.07. The average Bonchev–Trinajstić information content (AvgIpc) is 3.75. The number of alkyl halides is 1. The molecule has 0 amide bonds. The highest BCUT2D eigenvalue weighted by atomic mass is 31.2. The molecule has 7 heterocycles. The Morgan fingerprint density at radius 3 is 2.33 bits per heavy atom. The standard InChI is InChI=1S/C22H30B2FN9O10P2/c1-8-31-19-14(20(36)32-8)30-7-34(19)22-15-9(2-35)10(41-22)3-39-46(24,38)44-16-11(4-40-45(23,37)43-15)42-21(12(16)25)33-6-29-13-17(26)27-5-28-18(13)33/h5-7,9-12,15-16,21-22,35H,2-4H2,1,23-24H3,(H2,26,27,28)(H,31,32,36)/q-2/t9?,10?,11?,12?,15?,16?,21?,22?,45-,46-/m0/s1. The fraction of sp³-hybridized carbons (Fsp3) is 0.545. The number of anilines is 1. The van der Waals surface area contributed by atoms with Gasteiger partial charge in [-0.3, -0.25) is 13.9 Å². The number of nitrogens with zero attached hydrogens (tertiary/aromatic N) is 7. The van der Waals surface area contributed by atoms with Crippen LogP contribution in [0.5, 0.6) is 0 Å². The van der Waals surface area contributed by atoms with E-state index in [9.17, 15) is 19.0 Å². The highest BCUT2D eigenvalue weighted by Gasteiger charge is 2.52. The number of H-pyrrole nitrogens is 1. The van der Waals surface area contributed by atoms with Crippen LogP contribution < -0.4 is 11.3 Å². The normalized spacial score (nSPS) is 37.2. The number of rotatable bonds is 3. The van der Waals surface area contributed by atoms with Crippen molar-refractivity contribution >= 4 is 58.2 Å². The maximum atomic E-state index is 16.2. The molecule has 4 aromatic rings. The second-order valence-corrected chi connectivity index (χ2v) is 12.0. The van der Waals surface area contributed by atoms with Crippen LogP contribution in [-0.2, 0) is 36.7 Å². The third-order valence-corrected chi connectivity index (χ3v) is 9.11. The SMILES string of the molecule is [BH3-][P@]1(=O)OCC2OC(n3cnc4c(=O)[nH]c(C)nc43)C(O[P@@]([BH3-])(=O)OCC3OC(n4cnc5c(N)ncnc54)C(F)C3O1)C2CO. The third-order valence-electron chi connectivity index (χ3n) is 7.56. The highest BCUT2D eigenvalue weighted by molar-refractivity contribution is 7.79. The van der Waals surface area contributed by atoms with Crippen LogP contribution in [0, 0.1) is 12.8 Å². The van der Waals surface area contributed by atoms with Gasteiger partial charge in [-0.05, 0) is 6.92 Å². The van der Waals surface area contributed by atoms with Gasteiger partial charge in [-0.15, -0.1) is 0 Å². The highest BCUT2D eigenvalue weighted by Crippen LogP contribution is 2.54. The lowest BCUT2D eigenvalue weighted by Crippen LogP contribution is -2.34. The van der Waals surface area contributed by atoms with E-state index >= 15 is 4.39 Å². The molecule has 0 spiro atoms. The first-order valence-corrected chi connectivity index (χ1v) is 15.4. The van der Waals surface area contributed by atoms with Gasteiger partial charge in [0, 0.05) is 5.92 Å². The van der Waals surface area contributed by atoms with Gasteiger partial charge in [-0.25, -0.2) is 29.3 Å². The molecule has 3 fully saturated rings. The van der Waals surface area contributed by atoms with E-state index in [1.54, 1.807) is 6.92 Å². The minimum absolute atomic E-state index is 0.0437. The molecule has 46 heavy (non-hydrogen) atoms. The number of aryl methyl sites for hydroxylation is 1. The maximum absolute atomic E-state index is 16.2. The van der Waals surface area contributed by atoms with Gasteiger partial charge in [0.2, 0.25) is 0 Å². The van der Waals surface area contributed by atoms with E-state index in [0.29, 0.717) is 5.82 Å². The molecule has 0 aliphatic carbocycles. The Labute approximate surface area is 260 Å². The largest absolute Gasteiger partial charge is 0.396 e. The van der Waals surface area contributed by atoms with Gasteiger partial charge in [-0.1, -0.05) is 0 Å². The summed E-state index contributed by atoms with van der Waals surface area (Å²) in [4.78, 5) is 35.9. The zero-order valence-corrected chi connectivity index (χ0v) is 24.4. The first-order valence-electron chi connectivity index (χ1n) is 13.2. The lowest BCUT2D eigenvalue weighted by molar-refractivity contribution is -0.0567. The first kappa shape index (κ1) is 31.5. The second kappa shape index (κ2) is 11.6. The van der Waals surface area contributed by atoms with Gasteiger partial charge in [-0.2, -0.15) is 0 Å². The monoisotopic (exact) mass is 683 g/mol. The molecular formula is C22H30B2FN9O10P2-2. The number of nitrogens with one attached hydrogen (secondary N) is 1. The number of ether oxygens (including phenoxy) is 2. The fourth-order valence-electron chi connectivity index (χ4n) is 5.50. The minimum atomic E-state index is -3.78. The Bertz CT molecular complexity index is 1970. The number of aromatic nitrogens is 8. The predicted octanol–water partition coefficient (Wildman–Crippen LogP) is -1.64. The van der Waals surface area contributed by atoms with E-state index < -0.39 is 97.8 Å². The molecule has 2 bridgehead atoms. The molecule has 19 nitrogen and oxygen atoms in total. The summed E-state index contributed by atoms with van der Waals surface area (Å²) in [6.45, 7) is 0.380. The summed E-state index contributed by atoms with van der Waals surface area (Å²) < 4.78 is 82.5. The van der Waals surface area contributed by atoms with Crippen LogP contribution in [0.25, 0.3) is 22.3 Å². The Hall–Kier alpha value is -3.06. The van der Waals surface area contributed by atoms with Crippen LogP contribution >= 0.6 is 14.9 Å². The first-order chi connectivity index (χ1) is 21.9. The number of hydrogen-bond donors (Lipinski definition) is 3. The number of aromatic amines is 1. The Morgan fingerprint density at radius 1 is 0.978 bits per heavy atom. The van der Waals surface area contributed by atoms with Crippen molar-refractivity contribution in [1.29, 1.82) is 0 Å². The molecule has 0 radical (unpaired) electrons. The molecule has 24 heteroatoms. The van der Waals surface area contributed by atoms with Crippen molar-refractivity contribution in [3.8, 4) is 0 Å². The van der Waals surface area contributed by atoms with E-state index in [4.69, 9.17) is 33.3 Å². The lowest BCUT2D eigenvalue weighted by atomic mass is 9.99. The molecular weight excluding hydrogens is 653 g/mol. The number of halogens is 1. The van der Waals surface area contributed by atoms with Crippen molar-refractivity contribution < 1.29 is 46.2 Å². The molecule has 8 unspecified atom stereocenters. The van der Waals surface area contributed by atoms with Crippen molar-refractivity contribution in [2.75, 3.05) is 25.6 Å². The van der Waals surface area contributed by atoms with Crippen molar-refractivity contribution in [2.45, 2.75) is 50.0 Å². The van der Waals surface area contributed by atoms with E-state index in [1.165, 1.54) is 28.1 Å². The summed E-state index contributed by atoms with van der Waals surface area (Å²) in [6.07, 6.45) is -5.02. The smallest absolute Gasteiger partial charge is 0.279 e. The Kier molecular flexibility index (Phi) is 7.93. The van der Waals surface area contributed by atoms with E-state index in [-0.39, 0.29) is 34.8 Å². The summed E-state index contributed by atoms with van der Waals surface area (Å²) in [6, 6.07) is 0. The molecule has 3 aliphatic heterocycles. The van der Waals surface area contributed by atoms with Crippen molar-refractivity contribution in [3.05, 3.63) is 35.2 Å². The predicted molar refractivity (Wildman–Crippen MR) is 163 cm³/mol. The maximum Gasteiger partial charge on any atom is 0.279 e. The van der Waals surface area contributed by atoms with Crippen LogP contribution in [0.2, 0.25) is 0 Å². The number of aliphatic hydroxyl groups is 1. The average molecular weight is 683 g/mol. The third kappa shape index (κ3) is 5.50. The number of hydrogen-bond acceptors (Lipinski definition) is 16.